The molecular formula is C22H28N6O. The number of hydrogen-bond donors (Lipinski definition) is 2. The van der Waals surface area contributed by atoms with E-state index in [0.717, 1.165) is 44.5 Å². The number of fused-ring (bicyclic) bond motifs is 1. The zero-order chi connectivity index (χ0) is 20.1. The first kappa shape index (κ1) is 19.6. The van der Waals surface area contributed by atoms with Crippen molar-refractivity contribution in [3.63, 3.8) is 0 Å². The largest absolute Gasteiger partial charge is 0.354 e. The predicted octanol–water partition coefficient (Wildman–Crippen LogP) is 2.34. The maximum atomic E-state index is 13.0. The van der Waals surface area contributed by atoms with Crippen LogP contribution in [0.5, 0.6) is 0 Å². The molecule has 1 saturated carbocycles. The zero-order valence-corrected chi connectivity index (χ0v) is 16.7. The minimum atomic E-state index is -0.958. The fourth-order valence-corrected chi connectivity index (χ4v) is 4.29. The molecule has 152 valence electrons. The minimum Gasteiger partial charge on any atom is -0.354 e. The van der Waals surface area contributed by atoms with Gasteiger partial charge in [-0.1, -0.05) is 31.4 Å². The van der Waals surface area contributed by atoms with Crippen LogP contribution in [0, 0.1) is 17.2 Å². The van der Waals surface area contributed by atoms with Crippen molar-refractivity contribution < 1.29 is 4.79 Å². The van der Waals surface area contributed by atoms with Crippen molar-refractivity contribution in [3.8, 4) is 6.07 Å². The first-order chi connectivity index (χ1) is 14.3. The van der Waals surface area contributed by atoms with E-state index >= 15 is 0 Å². The Morgan fingerprint density at radius 3 is 2.55 bits per heavy atom. The van der Waals surface area contributed by atoms with Gasteiger partial charge in [-0.2, -0.15) is 5.26 Å². The molecule has 0 spiro atoms. The van der Waals surface area contributed by atoms with Crippen LogP contribution in [0.15, 0.2) is 24.3 Å². The highest BCUT2D eigenvalue weighted by Crippen LogP contribution is 2.28. The molecule has 2 N–H and O–H groups in total. The Balaban J connectivity index is 1.61. The molecule has 4 rings (SSSR count). The number of piperazine rings is 1. The molecule has 2 fully saturated rings. The lowest BCUT2D eigenvalue weighted by molar-refractivity contribution is -0.121. The van der Waals surface area contributed by atoms with Crippen molar-refractivity contribution in [2.75, 3.05) is 37.6 Å². The van der Waals surface area contributed by atoms with E-state index < -0.39 is 5.92 Å². The summed E-state index contributed by atoms with van der Waals surface area (Å²) in [5.41, 5.74) is 1.96. The molecule has 7 heteroatoms. The van der Waals surface area contributed by atoms with Crippen LogP contribution in [0.25, 0.3) is 11.0 Å². The highest BCUT2D eigenvalue weighted by Gasteiger charge is 2.29. The zero-order valence-electron chi connectivity index (χ0n) is 16.7. The second-order valence-corrected chi connectivity index (χ2v) is 7.97. The molecule has 2 aliphatic rings. The summed E-state index contributed by atoms with van der Waals surface area (Å²) in [5, 5.41) is 16.2. The lowest BCUT2D eigenvalue weighted by atomic mass is 9.89. The van der Waals surface area contributed by atoms with Gasteiger partial charge >= 0.3 is 0 Å². The second kappa shape index (κ2) is 9.19. The molecule has 7 nitrogen and oxygen atoms in total. The number of anilines is 1. The Morgan fingerprint density at radius 2 is 1.86 bits per heavy atom. The van der Waals surface area contributed by atoms with Crippen LogP contribution in [0.4, 0.5) is 5.82 Å². The van der Waals surface area contributed by atoms with E-state index in [0.29, 0.717) is 29.5 Å². The van der Waals surface area contributed by atoms with Gasteiger partial charge in [-0.15, -0.1) is 0 Å². The van der Waals surface area contributed by atoms with E-state index in [1.54, 1.807) is 0 Å². The topological polar surface area (TPSA) is 93.9 Å². The summed E-state index contributed by atoms with van der Waals surface area (Å²) in [6.07, 6.45) is 6.04. The van der Waals surface area contributed by atoms with Gasteiger partial charge in [-0.25, -0.2) is 9.97 Å². The molecule has 1 saturated heterocycles. The molecular weight excluding hydrogens is 364 g/mol. The van der Waals surface area contributed by atoms with Crippen molar-refractivity contribution in [1.82, 2.24) is 20.6 Å². The fourth-order valence-electron chi connectivity index (χ4n) is 4.29. The average molecular weight is 393 g/mol. The van der Waals surface area contributed by atoms with Crippen LogP contribution in [0.1, 0.15) is 43.7 Å². The average Bonchev–Trinajstić information content (AvgIpc) is 2.79. The summed E-state index contributed by atoms with van der Waals surface area (Å²) >= 11 is 0. The molecule has 0 bridgehead atoms. The molecule has 29 heavy (non-hydrogen) atoms. The van der Waals surface area contributed by atoms with Gasteiger partial charge in [0.25, 0.3) is 0 Å². The van der Waals surface area contributed by atoms with Crippen molar-refractivity contribution >= 4 is 22.8 Å². The van der Waals surface area contributed by atoms with Gasteiger partial charge in [0.2, 0.25) is 5.91 Å². The summed E-state index contributed by atoms with van der Waals surface area (Å²) in [5.74, 6) is -0.0495. The molecule has 2 aromatic rings. The molecule has 1 aromatic carbocycles. The van der Waals surface area contributed by atoms with E-state index in [1.165, 1.54) is 19.3 Å². The highest BCUT2D eigenvalue weighted by molar-refractivity contribution is 5.88. The predicted molar refractivity (Wildman–Crippen MR) is 113 cm³/mol. The van der Waals surface area contributed by atoms with Crippen molar-refractivity contribution in [1.29, 1.82) is 5.26 Å². The van der Waals surface area contributed by atoms with Gasteiger partial charge in [-0.3, -0.25) is 4.79 Å². The Kier molecular flexibility index (Phi) is 6.20. The van der Waals surface area contributed by atoms with Crippen molar-refractivity contribution in [2.45, 2.75) is 38.0 Å². The molecule has 1 aliphatic heterocycles. The number of carbonyl (C=O) groups is 1. The van der Waals surface area contributed by atoms with Gasteiger partial charge in [-0.05, 0) is 30.9 Å². The summed E-state index contributed by atoms with van der Waals surface area (Å²) in [6.45, 7) is 3.89. The van der Waals surface area contributed by atoms with E-state index in [-0.39, 0.29) is 5.91 Å². The van der Waals surface area contributed by atoms with E-state index in [1.807, 2.05) is 24.3 Å². The van der Waals surface area contributed by atoms with E-state index in [2.05, 4.69) is 21.6 Å². The number of hydrogen-bond acceptors (Lipinski definition) is 6. The molecule has 1 aliphatic carbocycles. The SMILES string of the molecule is N#CC(C(=O)NCC1CCCCC1)c1nc2ccccc2nc1N1CCNCC1. The Morgan fingerprint density at radius 1 is 1.17 bits per heavy atom. The Hall–Kier alpha value is -2.72. The third kappa shape index (κ3) is 4.48. The maximum absolute atomic E-state index is 13.0. The molecule has 2 heterocycles. The molecule has 1 unspecified atom stereocenters. The van der Waals surface area contributed by atoms with Crippen molar-refractivity contribution in [2.24, 2.45) is 5.92 Å². The van der Waals surface area contributed by atoms with Gasteiger partial charge in [0.1, 0.15) is 5.69 Å². The standard InChI is InChI=1S/C22H28N6O/c23-14-17(22(29)25-15-16-6-2-1-3-7-16)20-21(28-12-10-24-11-13-28)27-19-9-5-4-8-18(19)26-20/h4-5,8-9,16-17,24H,1-3,6-7,10-13,15H2,(H,25,29). The quantitative estimate of drug-likeness (QED) is 0.811. The number of benzene rings is 1. The summed E-state index contributed by atoms with van der Waals surface area (Å²) in [4.78, 5) is 24.6. The third-order valence-corrected chi connectivity index (χ3v) is 5.95. The molecule has 1 atom stereocenters. The van der Waals surface area contributed by atoms with Gasteiger partial charge in [0.05, 0.1) is 17.1 Å². The van der Waals surface area contributed by atoms with Crippen LogP contribution < -0.4 is 15.5 Å². The van der Waals surface area contributed by atoms with Gasteiger partial charge in [0.15, 0.2) is 11.7 Å². The summed E-state index contributed by atoms with van der Waals surface area (Å²) in [7, 11) is 0. The number of nitrogens with one attached hydrogen (secondary N) is 2. The van der Waals surface area contributed by atoms with Crippen LogP contribution in [0.3, 0.4) is 0 Å². The summed E-state index contributed by atoms with van der Waals surface area (Å²) in [6, 6.07) is 9.82. The smallest absolute Gasteiger partial charge is 0.243 e. The fraction of sp³-hybridized carbons (Fsp3) is 0.545. The van der Waals surface area contributed by atoms with Crippen LogP contribution >= 0.6 is 0 Å². The van der Waals surface area contributed by atoms with Crippen molar-refractivity contribution in [3.05, 3.63) is 30.0 Å². The van der Waals surface area contributed by atoms with E-state index in [9.17, 15) is 10.1 Å². The monoisotopic (exact) mass is 392 g/mol. The molecule has 1 aromatic heterocycles. The highest BCUT2D eigenvalue weighted by atomic mass is 16.1. The third-order valence-electron chi connectivity index (χ3n) is 5.95. The van der Waals surface area contributed by atoms with Gasteiger partial charge in [0, 0.05) is 32.7 Å². The number of amides is 1. The normalized spacial score (nSPS) is 18.9. The first-order valence-corrected chi connectivity index (χ1v) is 10.7. The summed E-state index contributed by atoms with van der Waals surface area (Å²) < 4.78 is 0. The number of nitriles is 1. The number of carbonyl (C=O) groups excluding carboxylic acids is 1. The number of nitrogens with zero attached hydrogens (tertiary/aromatic N) is 4. The first-order valence-electron chi connectivity index (χ1n) is 10.7. The Bertz CT molecular complexity index is 896. The van der Waals surface area contributed by atoms with Gasteiger partial charge < -0.3 is 15.5 Å². The number of rotatable bonds is 5. The van der Waals surface area contributed by atoms with E-state index in [4.69, 9.17) is 9.97 Å². The second-order valence-electron chi connectivity index (χ2n) is 7.97. The molecule has 0 radical (unpaired) electrons. The maximum Gasteiger partial charge on any atom is 0.243 e. The van der Waals surface area contributed by atoms with Crippen LogP contribution in [-0.4, -0.2) is 48.6 Å². The lowest BCUT2D eigenvalue weighted by Crippen LogP contribution is -2.45. The lowest BCUT2D eigenvalue weighted by Gasteiger charge is -2.30. The minimum absolute atomic E-state index is 0.265. The van der Waals surface area contributed by atoms with Crippen LogP contribution in [0.2, 0.25) is 0 Å². The Labute approximate surface area is 171 Å². The number of aromatic nitrogens is 2. The van der Waals surface area contributed by atoms with Crippen LogP contribution in [-0.2, 0) is 4.79 Å². The number of para-hydroxylation sites is 2. The molecule has 1 amide bonds.